The number of aliphatic hydroxyl groups is 5. The number of hydrogen-bond donors (Lipinski definition) is 6. The van der Waals surface area contributed by atoms with Gasteiger partial charge in [-0.3, -0.25) is 9.59 Å². The highest BCUT2D eigenvalue weighted by Crippen LogP contribution is 2.26. The molecular formula is C56H97NO10. The first kappa shape index (κ1) is 62.1. The fourth-order valence-corrected chi connectivity index (χ4v) is 7.89. The quantitative estimate of drug-likeness (QED) is 0.0149. The van der Waals surface area contributed by atoms with E-state index in [0.717, 1.165) is 77.0 Å². The Morgan fingerprint density at radius 1 is 0.597 bits per heavy atom. The topological polar surface area (TPSA) is 175 Å². The summed E-state index contributed by atoms with van der Waals surface area (Å²) in [5, 5.41) is 56.5. The number of carbonyl (C=O) groups is 2. The first-order valence-electron chi connectivity index (χ1n) is 26.8. The number of carbonyl (C=O) groups excluding carboxylic acids is 2. The van der Waals surface area contributed by atoms with Crippen molar-refractivity contribution in [2.24, 2.45) is 0 Å². The maximum atomic E-state index is 13.3. The minimum atomic E-state index is -1.62. The Balaban J connectivity index is 2.79. The molecular weight excluding hydrogens is 847 g/mol. The van der Waals surface area contributed by atoms with Crippen molar-refractivity contribution in [3.8, 4) is 0 Å². The molecule has 0 saturated carbocycles. The average Bonchev–Trinajstić information content (AvgIpc) is 3.32. The second-order valence-electron chi connectivity index (χ2n) is 18.3. The molecule has 1 saturated heterocycles. The second kappa shape index (κ2) is 44.3. The van der Waals surface area contributed by atoms with E-state index in [-0.39, 0.29) is 19.4 Å². The van der Waals surface area contributed by atoms with Crippen LogP contribution in [0.5, 0.6) is 0 Å². The second-order valence-corrected chi connectivity index (χ2v) is 18.3. The Morgan fingerprint density at radius 2 is 1.09 bits per heavy atom. The van der Waals surface area contributed by atoms with E-state index < -0.39 is 67.4 Å². The summed E-state index contributed by atoms with van der Waals surface area (Å²) in [7, 11) is 0. The number of rotatable bonds is 43. The molecule has 1 fully saturated rings. The van der Waals surface area contributed by atoms with E-state index in [1.165, 1.54) is 83.5 Å². The fourth-order valence-electron chi connectivity index (χ4n) is 7.89. The highest BCUT2D eigenvalue weighted by molar-refractivity contribution is 5.80. The lowest BCUT2D eigenvalue weighted by Crippen LogP contribution is -2.61. The van der Waals surface area contributed by atoms with E-state index in [0.29, 0.717) is 12.8 Å². The fraction of sp³-hybridized carbons (Fsp3) is 0.750. The molecule has 11 nitrogen and oxygen atoms in total. The molecule has 386 valence electrons. The average molecular weight is 944 g/mol. The molecule has 0 radical (unpaired) electrons. The summed E-state index contributed by atoms with van der Waals surface area (Å²) in [6.45, 7) is 5.56. The van der Waals surface area contributed by atoms with Crippen molar-refractivity contribution in [3.63, 3.8) is 0 Å². The number of hydrogen-bond acceptors (Lipinski definition) is 10. The van der Waals surface area contributed by atoms with Crippen molar-refractivity contribution >= 4 is 11.9 Å². The van der Waals surface area contributed by atoms with Gasteiger partial charge in [0.15, 0.2) is 12.4 Å². The van der Waals surface area contributed by atoms with E-state index in [2.05, 4.69) is 44.3 Å². The lowest BCUT2D eigenvalue weighted by Gasteiger charge is -2.41. The van der Waals surface area contributed by atoms with Crippen LogP contribution in [-0.4, -0.2) is 99.6 Å². The number of esters is 1. The predicted molar refractivity (Wildman–Crippen MR) is 273 cm³/mol. The Kier molecular flexibility index (Phi) is 41.1. The van der Waals surface area contributed by atoms with Crippen LogP contribution in [0.3, 0.4) is 0 Å². The molecule has 1 amide bonds. The molecule has 1 rings (SSSR count). The molecule has 1 aliphatic heterocycles. The van der Waals surface area contributed by atoms with E-state index in [4.69, 9.17) is 14.2 Å². The van der Waals surface area contributed by atoms with E-state index in [1.54, 1.807) is 6.08 Å². The molecule has 0 bridgehead atoms. The van der Waals surface area contributed by atoms with Gasteiger partial charge in [-0.25, -0.2) is 0 Å². The van der Waals surface area contributed by atoms with Gasteiger partial charge in [0.2, 0.25) is 5.91 Å². The maximum Gasteiger partial charge on any atom is 0.306 e. The Hall–Kier alpha value is -2.90. The van der Waals surface area contributed by atoms with Gasteiger partial charge in [-0.05, 0) is 70.6 Å². The summed E-state index contributed by atoms with van der Waals surface area (Å²) in [4.78, 5) is 26.3. The molecule has 6 N–H and O–H groups in total. The lowest BCUT2D eigenvalue weighted by molar-refractivity contribution is -0.305. The van der Waals surface area contributed by atoms with Crippen molar-refractivity contribution in [2.45, 2.75) is 256 Å². The SMILES string of the molecule is CC/C=C/C=C/C=C\C=C/CCCCC(O)C(=O)NC(COC1OC(CO)C(O)C(O)C1OC(=O)CCCCCCCCC/C=C\CCCCCC)C(O)/C=C/CCCCCCCCCCC. The first-order chi connectivity index (χ1) is 32.7. The lowest BCUT2D eigenvalue weighted by atomic mass is 9.99. The monoisotopic (exact) mass is 944 g/mol. The molecule has 0 aromatic rings. The third kappa shape index (κ3) is 33.3. The zero-order valence-corrected chi connectivity index (χ0v) is 42.2. The molecule has 0 aliphatic carbocycles. The van der Waals surface area contributed by atoms with Gasteiger partial charge in [-0.15, -0.1) is 0 Å². The Labute approximate surface area is 407 Å². The number of allylic oxidation sites excluding steroid dienone is 11. The van der Waals surface area contributed by atoms with Crippen molar-refractivity contribution in [3.05, 3.63) is 72.9 Å². The van der Waals surface area contributed by atoms with Gasteiger partial charge < -0.3 is 45.1 Å². The van der Waals surface area contributed by atoms with Gasteiger partial charge in [-0.2, -0.15) is 0 Å². The van der Waals surface area contributed by atoms with Crippen LogP contribution < -0.4 is 5.32 Å². The molecule has 1 heterocycles. The highest BCUT2D eigenvalue weighted by atomic mass is 16.7. The first-order valence-corrected chi connectivity index (χ1v) is 26.8. The molecule has 67 heavy (non-hydrogen) atoms. The van der Waals surface area contributed by atoms with Crippen molar-refractivity contribution in [1.29, 1.82) is 0 Å². The summed E-state index contributed by atoms with van der Waals surface area (Å²) in [5.41, 5.74) is 0. The zero-order chi connectivity index (χ0) is 49.0. The summed E-state index contributed by atoms with van der Waals surface area (Å²) in [6, 6.07) is -1.05. The number of nitrogens with one attached hydrogen (secondary N) is 1. The number of aliphatic hydroxyl groups excluding tert-OH is 5. The summed E-state index contributed by atoms with van der Waals surface area (Å²) >= 11 is 0. The van der Waals surface area contributed by atoms with Gasteiger partial charge in [0.25, 0.3) is 0 Å². The standard InChI is InChI=1S/C56H97NO10/c1-4-7-10-13-16-19-22-24-25-26-29-32-35-38-41-44-51(61)67-54-53(63)52(62)50(45-58)66-56(54)65-46-47(48(59)42-39-36-33-30-27-21-18-15-12-9-6-3)57-55(64)49(60)43-40-37-34-31-28-23-20-17-14-11-8-5-2/h8,11,14,17,19-20,22-23,28,31,39,42,47-50,52-54,56,58-60,62-63H,4-7,9-10,12-13,15-16,18,21,24-27,29-30,32-38,40-41,43-46H2,1-3H3,(H,57,64)/b11-8+,17-14+,22-19-,23-20-,31-28-,42-39+. The van der Waals surface area contributed by atoms with E-state index >= 15 is 0 Å². The van der Waals surface area contributed by atoms with Gasteiger partial charge in [0, 0.05) is 6.42 Å². The minimum Gasteiger partial charge on any atom is -0.454 e. The number of ether oxygens (including phenoxy) is 3. The van der Waals surface area contributed by atoms with Crippen LogP contribution in [0.15, 0.2) is 72.9 Å². The van der Waals surface area contributed by atoms with E-state index in [1.807, 2.05) is 48.6 Å². The van der Waals surface area contributed by atoms with Crippen molar-refractivity contribution < 1.29 is 49.3 Å². The molecule has 0 aromatic carbocycles. The molecule has 11 heteroatoms. The van der Waals surface area contributed by atoms with Crippen LogP contribution >= 0.6 is 0 Å². The summed E-state index contributed by atoms with van der Waals surface area (Å²) in [5.74, 6) is -1.25. The molecule has 8 atom stereocenters. The summed E-state index contributed by atoms with van der Waals surface area (Å²) < 4.78 is 17.5. The maximum absolute atomic E-state index is 13.3. The van der Waals surface area contributed by atoms with Crippen LogP contribution in [0, 0.1) is 0 Å². The van der Waals surface area contributed by atoms with Gasteiger partial charge >= 0.3 is 5.97 Å². The van der Waals surface area contributed by atoms with Crippen molar-refractivity contribution in [2.75, 3.05) is 13.2 Å². The van der Waals surface area contributed by atoms with Gasteiger partial charge in [0.1, 0.15) is 24.4 Å². The molecule has 0 aromatic heterocycles. The van der Waals surface area contributed by atoms with Crippen LogP contribution in [0.25, 0.3) is 0 Å². The third-order valence-corrected chi connectivity index (χ3v) is 12.2. The van der Waals surface area contributed by atoms with Gasteiger partial charge in [-0.1, -0.05) is 203 Å². The Morgan fingerprint density at radius 3 is 1.67 bits per heavy atom. The Bertz CT molecular complexity index is 1360. The minimum absolute atomic E-state index is 0.111. The molecule has 1 aliphatic rings. The number of amides is 1. The normalized spacial score (nSPS) is 20.6. The van der Waals surface area contributed by atoms with Crippen LogP contribution in [0.2, 0.25) is 0 Å². The van der Waals surface area contributed by atoms with Gasteiger partial charge in [0.05, 0.1) is 25.4 Å². The van der Waals surface area contributed by atoms with Crippen molar-refractivity contribution in [1.82, 2.24) is 5.32 Å². The third-order valence-electron chi connectivity index (χ3n) is 12.2. The number of unbranched alkanes of at least 4 members (excludes halogenated alkanes) is 22. The van der Waals surface area contributed by atoms with E-state index in [9.17, 15) is 35.1 Å². The molecule has 0 spiro atoms. The predicted octanol–water partition coefficient (Wildman–Crippen LogP) is 11.3. The largest absolute Gasteiger partial charge is 0.454 e. The zero-order valence-electron chi connectivity index (χ0n) is 42.2. The van der Waals surface area contributed by atoms with Crippen LogP contribution in [0.4, 0.5) is 0 Å². The summed E-state index contributed by atoms with van der Waals surface area (Å²) in [6.07, 6.45) is 43.9. The van der Waals surface area contributed by atoms with Crippen LogP contribution in [0.1, 0.15) is 207 Å². The highest BCUT2D eigenvalue weighted by Gasteiger charge is 2.47. The molecule has 8 unspecified atom stereocenters. The van der Waals surface area contributed by atoms with Crippen LogP contribution in [-0.2, 0) is 23.8 Å². The smallest absolute Gasteiger partial charge is 0.306 e.